The van der Waals surface area contributed by atoms with Gasteiger partial charge in [-0.3, -0.25) is 0 Å². The molecule has 102 valence electrons. The monoisotopic (exact) mass is 265 g/mol. The molecular formula is C17H19N3. The Kier molecular flexibility index (Phi) is 3.07. The number of nitrogens with zero attached hydrogens (tertiary/aromatic N) is 2. The minimum absolute atomic E-state index is 0.479. The zero-order valence-electron chi connectivity index (χ0n) is 12.1. The first kappa shape index (κ1) is 12.9. The number of imidazole rings is 1. The van der Waals surface area contributed by atoms with Crippen molar-refractivity contribution in [3.05, 3.63) is 58.9 Å². The molecule has 2 heterocycles. The van der Waals surface area contributed by atoms with E-state index in [0.717, 1.165) is 22.6 Å². The maximum Gasteiger partial charge on any atom is 0.137 e. The van der Waals surface area contributed by atoms with Crippen molar-refractivity contribution < 1.29 is 0 Å². The molecule has 0 aliphatic rings. The van der Waals surface area contributed by atoms with Gasteiger partial charge in [0.05, 0.1) is 11.4 Å². The molecule has 0 spiro atoms. The van der Waals surface area contributed by atoms with Gasteiger partial charge in [-0.2, -0.15) is 0 Å². The summed E-state index contributed by atoms with van der Waals surface area (Å²) in [5.41, 5.74) is 13.9. The summed E-state index contributed by atoms with van der Waals surface area (Å²) >= 11 is 0. The maximum absolute atomic E-state index is 5.94. The lowest BCUT2D eigenvalue weighted by Crippen LogP contribution is -2.02. The molecule has 20 heavy (non-hydrogen) atoms. The van der Waals surface area contributed by atoms with E-state index in [-0.39, 0.29) is 0 Å². The van der Waals surface area contributed by atoms with E-state index in [1.807, 2.05) is 6.20 Å². The molecule has 3 heteroatoms. The van der Waals surface area contributed by atoms with Gasteiger partial charge in [0.15, 0.2) is 0 Å². The molecular weight excluding hydrogens is 246 g/mol. The zero-order chi connectivity index (χ0) is 14.3. The minimum atomic E-state index is 0.479. The predicted octanol–water partition coefficient (Wildman–Crippen LogP) is 3.39. The fourth-order valence-corrected chi connectivity index (χ4v) is 2.51. The summed E-state index contributed by atoms with van der Waals surface area (Å²) in [5, 5.41) is 0. The van der Waals surface area contributed by atoms with Crippen molar-refractivity contribution in [2.75, 3.05) is 0 Å². The van der Waals surface area contributed by atoms with Crippen molar-refractivity contribution in [1.29, 1.82) is 0 Å². The summed E-state index contributed by atoms with van der Waals surface area (Å²) in [6.07, 6.45) is 2.05. The Labute approximate surface area is 119 Å². The van der Waals surface area contributed by atoms with Crippen LogP contribution in [0.5, 0.6) is 0 Å². The van der Waals surface area contributed by atoms with Crippen LogP contribution in [0.2, 0.25) is 0 Å². The Hall–Kier alpha value is -2.13. The van der Waals surface area contributed by atoms with E-state index in [2.05, 4.69) is 55.5 Å². The number of hydrogen-bond acceptors (Lipinski definition) is 2. The number of rotatable bonds is 2. The number of nitrogens with two attached hydrogens (primary N) is 1. The first-order chi connectivity index (χ1) is 9.60. The summed E-state index contributed by atoms with van der Waals surface area (Å²) in [6.45, 7) is 6.80. The van der Waals surface area contributed by atoms with Crippen LogP contribution < -0.4 is 5.73 Å². The van der Waals surface area contributed by atoms with E-state index in [0.29, 0.717) is 6.54 Å². The highest BCUT2D eigenvalue weighted by Crippen LogP contribution is 2.26. The zero-order valence-corrected chi connectivity index (χ0v) is 12.1. The molecule has 0 saturated carbocycles. The highest BCUT2D eigenvalue weighted by atomic mass is 15.0. The predicted molar refractivity (Wildman–Crippen MR) is 82.7 cm³/mol. The van der Waals surface area contributed by atoms with Gasteiger partial charge >= 0.3 is 0 Å². The van der Waals surface area contributed by atoms with Crippen molar-refractivity contribution in [3.63, 3.8) is 0 Å². The molecule has 0 unspecified atom stereocenters. The molecule has 0 radical (unpaired) electrons. The van der Waals surface area contributed by atoms with E-state index in [4.69, 9.17) is 10.7 Å². The first-order valence-corrected chi connectivity index (χ1v) is 6.85. The fraction of sp³-hybridized carbons (Fsp3) is 0.235. The van der Waals surface area contributed by atoms with Crippen LogP contribution in [0.3, 0.4) is 0 Å². The van der Waals surface area contributed by atoms with Crippen LogP contribution in [0.25, 0.3) is 16.9 Å². The maximum atomic E-state index is 5.94. The normalized spacial score (nSPS) is 11.2. The number of aromatic nitrogens is 2. The summed E-state index contributed by atoms with van der Waals surface area (Å²) in [4.78, 5) is 4.77. The largest absolute Gasteiger partial charge is 0.325 e. The molecule has 0 saturated heterocycles. The van der Waals surface area contributed by atoms with E-state index in [1.54, 1.807) is 0 Å². The van der Waals surface area contributed by atoms with Crippen LogP contribution in [0.4, 0.5) is 0 Å². The second kappa shape index (κ2) is 4.76. The van der Waals surface area contributed by atoms with Crippen molar-refractivity contribution in [2.45, 2.75) is 27.3 Å². The third-order valence-electron chi connectivity index (χ3n) is 3.85. The van der Waals surface area contributed by atoms with Crippen molar-refractivity contribution in [1.82, 2.24) is 9.38 Å². The van der Waals surface area contributed by atoms with Gasteiger partial charge in [0, 0.05) is 18.3 Å². The molecule has 3 rings (SSSR count). The lowest BCUT2D eigenvalue weighted by molar-refractivity contribution is 0.960. The highest BCUT2D eigenvalue weighted by Gasteiger charge is 2.13. The lowest BCUT2D eigenvalue weighted by Gasteiger charge is -2.05. The number of pyridine rings is 1. The van der Waals surface area contributed by atoms with Crippen LogP contribution >= 0.6 is 0 Å². The van der Waals surface area contributed by atoms with Crippen molar-refractivity contribution in [2.24, 2.45) is 5.73 Å². The molecule has 1 aromatic carbocycles. The second-order valence-corrected chi connectivity index (χ2v) is 5.34. The van der Waals surface area contributed by atoms with Gasteiger partial charge in [0.25, 0.3) is 0 Å². The number of hydrogen-bond donors (Lipinski definition) is 1. The third-order valence-corrected chi connectivity index (χ3v) is 3.85. The van der Waals surface area contributed by atoms with E-state index in [1.165, 1.54) is 16.7 Å². The summed E-state index contributed by atoms with van der Waals surface area (Å²) < 4.78 is 2.08. The first-order valence-electron chi connectivity index (χ1n) is 6.85. The average Bonchev–Trinajstić information content (AvgIpc) is 2.79. The van der Waals surface area contributed by atoms with Gasteiger partial charge < -0.3 is 10.1 Å². The molecule has 3 nitrogen and oxygen atoms in total. The quantitative estimate of drug-likeness (QED) is 0.772. The van der Waals surface area contributed by atoms with Gasteiger partial charge in [-0.1, -0.05) is 12.1 Å². The van der Waals surface area contributed by atoms with E-state index in [9.17, 15) is 0 Å². The number of fused-ring (bicyclic) bond motifs is 1. The van der Waals surface area contributed by atoms with Gasteiger partial charge in [-0.25, -0.2) is 4.98 Å². The van der Waals surface area contributed by atoms with Crippen LogP contribution in [0.15, 0.2) is 36.5 Å². The Morgan fingerprint density at radius 1 is 1.05 bits per heavy atom. The lowest BCUT2D eigenvalue weighted by atomic mass is 10.0. The van der Waals surface area contributed by atoms with Crippen molar-refractivity contribution in [3.8, 4) is 11.3 Å². The molecule has 0 amide bonds. The fourth-order valence-electron chi connectivity index (χ4n) is 2.51. The second-order valence-electron chi connectivity index (χ2n) is 5.34. The molecule has 2 aromatic heterocycles. The van der Waals surface area contributed by atoms with E-state index >= 15 is 0 Å². The Morgan fingerprint density at radius 3 is 2.55 bits per heavy atom. The molecule has 0 aliphatic carbocycles. The molecule has 0 bridgehead atoms. The van der Waals surface area contributed by atoms with E-state index < -0.39 is 0 Å². The minimum Gasteiger partial charge on any atom is -0.325 e. The van der Waals surface area contributed by atoms with Crippen LogP contribution in [0.1, 0.15) is 22.4 Å². The summed E-state index contributed by atoms with van der Waals surface area (Å²) in [7, 11) is 0. The van der Waals surface area contributed by atoms with Crippen LogP contribution in [-0.4, -0.2) is 9.38 Å². The average molecular weight is 265 g/mol. The Morgan fingerprint density at radius 2 is 1.85 bits per heavy atom. The summed E-state index contributed by atoms with van der Waals surface area (Å²) in [6, 6.07) is 10.6. The Balaban J connectivity index is 2.26. The number of aryl methyl sites for hydroxylation is 3. The van der Waals surface area contributed by atoms with Crippen molar-refractivity contribution >= 4 is 5.65 Å². The molecule has 0 aliphatic heterocycles. The molecule has 0 atom stereocenters. The van der Waals surface area contributed by atoms with Crippen LogP contribution in [-0.2, 0) is 6.54 Å². The molecule has 2 N–H and O–H groups in total. The molecule has 3 aromatic rings. The van der Waals surface area contributed by atoms with Gasteiger partial charge in [0.2, 0.25) is 0 Å². The molecule has 0 fully saturated rings. The summed E-state index contributed by atoms with van der Waals surface area (Å²) in [5.74, 6) is 0. The van der Waals surface area contributed by atoms with Gasteiger partial charge in [-0.15, -0.1) is 0 Å². The smallest absolute Gasteiger partial charge is 0.137 e. The van der Waals surface area contributed by atoms with Gasteiger partial charge in [-0.05, 0) is 55.7 Å². The highest BCUT2D eigenvalue weighted by molar-refractivity contribution is 5.68. The SMILES string of the molecule is Cc1ccn2c(CN)c(-c3ccc(C)c(C)c3)nc2c1. The number of benzene rings is 1. The third kappa shape index (κ3) is 2.00. The topological polar surface area (TPSA) is 43.3 Å². The van der Waals surface area contributed by atoms with Crippen LogP contribution in [0, 0.1) is 20.8 Å². The standard InChI is InChI=1S/C17H19N3/c1-11-6-7-20-15(10-18)17(19-16(20)8-11)14-5-4-12(2)13(3)9-14/h4-9H,10,18H2,1-3H3. The Bertz CT molecular complexity index is 784. The van der Waals surface area contributed by atoms with Gasteiger partial charge in [0.1, 0.15) is 5.65 Å².